The molecule has 6 heteroatoms. The molecule has 1 unspecified atom stereocenters. The molecule has 1 atom stereocenters. The third-order valence-corrected chi connectivity index (χ3v) is 4.94. The second kappa shape index (κ2) is 10.9. The summed E-state index contributed by atoms with van der Waals surface area (Å²) < 4.78 is 1.96. The molecular weight excluding hydrogens is 348 g/mol. The average Bonchev–Trinajstić information content (AvgIpc) is 2.89. The first-order valence-electron chi connectivity index (χ1n) is 10.2. The molecule has 0 aliphatic heterocycles. The van der Waals surface area contributed by atoms with Crippen molar-refractivity contribution < 1.29 is 0 Å². The molecule has 2 rings (SSSR count). The smallest absolute Gasteiger partial charge is 0.191 e. The molecule has 0 fully saturated rings. The van der Waals surface area contributed by atoms with E-state index in [-0.39, 0.29) is 6.04 Å². The van der Waals surface area contributed by atoms with E-state index in [4.69, 9.17) is 4.99 Å². The van der Waals surface area contributed by atoms with Crippen LogP contribution in [-0.4, -0.2) is 53.4 Å². The highest BCUT2D eigenvalue weighted by Gasteiger charge is 2.14. The SMILES string of the molecule is CCNC(=NCCN(C)Cc1ccccc1)NC(C)Cc1c(C)nn(C)c1C. The number of rotatable bonds is 9. The Hall–Kier alpha value is -2.34. The van der Waals surface area contributed by atoms with E-state index in [9.17, 15) is 0 Å². The van der Waals surface area contributed by atoms with Crippen LogP contribution in [0.1, 0.15) is 36.4 Å². The van der Waals surface area contributed by atoms with E-state index >= 15 is 0 Å². The summed E-state index contributed by atoms with van der Waals surface area (Å²) in [5.41, 5.74) is 4.99. The number of likely N-dealkylation sites (N-methyl/N-ethyl adjacent to an activating group) is 1. The van der Waals surface area contributed by atoms with E-state index in [1.165, 1.54) is 16.8 Å². The number of aliphatic imine (C=N–C) groups is 1. The quantitative estimate of drug-likeness (QED) is 0.515. The molecule has 2 N–H and O–H groups in total. The zero-order valence-electron chi connectivity index (χ0n) is 18.3. The fraction of sp³-hybridized carbons (Fsp3) is 0.545. The van der Waals surface area contributed by atoms with Gasteiger partial charge < -0.3 is 15.5 Å². The summed E-state index contributed by atoms with van der Waals surface area (Å²) in [5, 5.41) is 11.4. The molecule has 0 aliphatic rings. The minimum atomic E-state index is 0.279. The van der Waals surface area contributed by atoms with Gasteiger partial charge >= 0.3 is 0 Å². The van der Waals surface area contributed by atoms with Gasteiger partial charge in [-0.15, -0.1) is 0 Å². The van der Waals surface area contributed by atoms with Crippen LogP contribution in [0, 0.1) is 13.8 Å². The largest absolute Gasteiger partial charge is 0.357 e. The van der Waals surface area contributed by atoms with Gasteiger partial charge in [0, 0.05) is 38.4 Å². The van der Waals surface area contributed by atoms with Crippen molar-refractivity contribution in [3.8, 4) is 0 Å². The molecule has 28 heavy (non-hydrogen) atoms. The molecule has 0 bridgehead atoms. The van der Waals surface area contributed by atoms with E-state index in [2.05, 4.69) is 85.7 Å². The first-order chi connectivity index (χ1) is 13.4. The van der Waals surface area contributed by atoms with Gasteiger partial charge in [0.15, 0.2) is 5.96 Å². The Labute approximate surface area is 170 Å². The van der Waals surface area contributed by atoms with Crippen molar-refractivity contribution in [2.45, 2.75) is 46.7 Å². The van der Waals surface area contributed by atoms with Gasteiger partial charge in [-0.1, -0.05) is 30.3 Å². The van der Waals surface area contributed by atoms with E-state index < -0.39 is 0 Å². The van der Waals surface area contributed by atoms with Gasteiger partial charge in [-0.05, 0) is 52.3 Å². The predicted molar refractivity (Wildman–Crippen MR) is 118 cm³/mol. The number of hydrogen-bond acceptors (Lipinski definition) is 3. The highest BCUT2D eigenvalue weighted by atomic mass is 15.3. The van der Waals surface area contributed by atoms with Crippen LogP contribution in [0.15, 0.2) is 35.3 Å². The van der Waals surface area contributed by atoms with E-state index in [1.54, 1.807) is 0 Å². The standard InChI is InChI=1S/C22H36N6/c1-7-23-22(24-13-14-27(5)16-20-11-9-8-10-12-20)25-17(2)15-21-18(3)26-28(6)19(21)4/h8-12,17H,7,13-16H2,1-6H3,(H2,23,24,25). The Bertz CT molecular complexity index is 750. The Balaban J connectivity index is 1.87. The molecule has 0 radical (unpaired) electrons. The van der Waals surface area contributed by atoms with Crippen molar-refractivity contribution in [1.29, 1.82) is 0 Å². The molecule has 154 valence electrons. The summed E-state index contributed by atoms with van der Waals surface area (Å²) in [6.45, 7) is 12.0. The normalized spacial score (nSPS) is 13.0. The number of nitrogens with zero attached hydrogens (tertiary/aromatic N) is 4. The second-order valence-electron chi connectivity index (χ2n) is 7.51. The van der Waals surface area contributed by atoms with Gasteiger partial charge in [0.1, 0.15) is 0 Å². The fourth-order valence-corrected chi connectivity index (χ4v) is 3.33. The maximum atomic E-state index is 4.76. The summed E-state index contributed by atoms with van der Waals surface area (Å²) in [6.07, 6.45) is 0.934. The minimum Gasteiger partial charge on any atom is -0.357 e. The number of nitrogens with one attached hydrogen (secondary N) is 2. The lowest BCUT2D eigenvalue weighted by atomic mass is 10.1. The van der Waals surface area contributed by atoms with E-state index in [1.807, 2.05) is 11.7 Å². The molecule has 0 amide bonds. The molecule has 6 nitrogen and oxygen atoms in total. The van der Waals surface area contributed by atoms with Crippen LogP contribution in [0.25, 0.3) is 0 Å². The summed E-state index contributed by atoms with van der Waals surface area (Å²) >= 11 is 0. The average molecular weight is 385 g/mol. The van der Waals surface area contributed by atoms with Crippen molar-refractivity contribution in [3.63, 3.8) is 0 Å². The first-order valence-corrected chi connectivity index (χ1v) is 10.2. The number of aryl methyl sites for hydroxylation is 2. The van der Waals surface area contributed by atoms with Gasteiger partial charge in [-0.25, -0.2) is 0 Å². The Morgan fingerprint density at radius 3 is 2.57 bits per heavy atom. The zero-order chi connectivity index (χ0) is 20.5. The minimum absolute atomic E-state index is 0.279. The number of guanidine groups is 1. The molecule has 1 aromatic heterocycles. The van der Waals surface area contributed by atoms with Crippen molar-refractivity contribution in [2.75, 3.05) is 26.7 Å². The van der Waals surface area contributed by atoms with Gasteiger partial charge in [-0.3, -0.25) is 9.67 Å². The van der Waals surface area contributed by atoms with Crippen LogP contribution in [0.2, 0.25) is 0 Å². The molecule has 1 aromatic carbocycles. The molecular formula is C22H36N6. The van der Waals surface area contributed by atoms with E-state index in [0.29, 0.717) is 0 Å². The highest BCUT2D eigenvalue weighted by Crippen LogP contribution is 2.14. The molecule has 0 spiro atoms. The van der Waals surface area contributed by atoms with Gasteiger partial charge in [-0.2, -0.15) is 5.10 Å². The van der Waals surface area contributed by atoms with Crippen LogP contribution in [0.4, 0.5) is 0 Å². The predicted octanol–water partition coefficient (Wildman–Crippen LogP) is 2.66. The van der Waals surface area contributed by atoms with Gasteiger partial charge in [0.2, 0.25) is 0 Å². The van der Waals surface area contributed by atoms with Gasteiger partial charge in [0.05, 0.1) is 12.2 Å². The molecule has 0 saturated carbocycles. The molecule has 2 aromatic rings. The van der Waals surface area contributed by atoms with Crippen molar-refractivity contribution in [2.24, 2.45) is 12.0 Å². The van der Waals surface area contributed by atoms with Crippen LogP contribution in [0.5, 0.6) is 0 Å². The maximum Gasteiger partial charge on any atom is 0.191 e. The van der Waals surface area contributed by atoms with Crippen molar-refractivity contribution >= 4 is 5.96 Å². The summed E-state index contributed by atoms with van der Waals surface area (Å²) in [7, 11) is 4.14. The van der Waals surface area contributed by atoms with Crippen molar-refractivity contribution in [1.82, 2.24) is 25.3 Å². The first kappa shape index (κ1) is 22.0. The molecule has 1 heterocycles. The molecule has 0 saturated heterocycles. The Kier molecular flexibility index (Phi) is 8.51. The Morgan fingerprint density at radius 2 is 1.96 bits per heavy atom. The maximum absolute atomic E-state index is 4.76. The summed E-state index contributed by atoms with van der Waals surface area (Å²) in [6, 6.07) is 10.8. The topological polar surface area (TPSA) is 57.5 Å². The lowest BCUT2D eigenvalue weighted by Gasteiger charge is -2.19. The lowest BCUT2D eigenvalue weighted by molar-refractivity contribution is 0.336. The number of hydrogen-bond donors (Lipinski definition) is 2. The summed E-state index contributed by atoms with van der Waals surface area (Å²) in [4.78, 5) is 7.06. The Morgan fingerprint density at radius 1 is 1.25 bits per heavy atom. The third-order valence-electron chi connectivity index (χ3n) is 4.94. The third kappa shape index (κ3) is 6.68. The van der Waals surface area contributed by atoms with Crippen LogP contribution >= 0.6 is 0 Å². The van der Waals surface area contributed by atoms with Crippen LogP contribution in [0.3, 0.4) is 0 Å². The monoisotopic (exact) mass is 384 g/mol. The lowest BCUT2D eigenvalue weighted by Crippen LogP contribution is -2.43. The van der Waals surface area contributed by atoms with Crippen molar-refractivity contribution in [3.05, 3.63) is 52.8 Å². The number of benzene rings is 1. The molecule has 0 aliphatic carbocycles. The number of aromatic nitrogens is 2. The van der Waals surface area contributed by atoms with Gasteiger partial charge in [0.25, 0.3) is 0 Å². The van der Waals surface area contributed by atoms with Crippen LogP contribution < -0.4 is 10.6 Å². The summed E-state index contributed by atoms with van der Waals surface area (Å²) in [5.74, 6) is 0.877. The van der Waals surface area contributed by atoms with Crippen LogP contribution in [-0.2, 0) is 20.0 Å². The fourth-order valence-electron chi connectivity index (χ4n) is 3.33. The highest BCUT2D eigenvalue weighted by molar-refractivity contribution is 5.80. The van der Waals surface area contributed by atoms with E-state index in [0.717, 1.165) is 44.3 Å². The second-order valence-corrected chi connectivity index (χ2v) is 7.51. The zero-order valence-corrected chi connectivity index (χ0v) is 18.3.